The van der Waals surface area contributed by atoms with Gasteiger partial charge >= 0.3 is 7.12 Å². The van der Waals surface area contributed by atoms with E-state index in [4.69, 9.17) is 14.4 Å². The summed E-state index contributed by atoms with van der Waals surface area (Å²) in [6.07, 6.45) is -6.64. The highest BCUT2D eigenvalue weighted by molar-refractivity contribution is 6.62. The van der Waals surface area contributed by atoms with E-state index in [-0.39, 0.29) is 0 Å². The molecule has 1 saturated heterocycles. The van der Waals surface area contributed by atoms with Crippen molar-refractivity contribution in [3.63, 3.8) is 0 Å². The van der Waals surface area contributed by atoms with Crippen LogP contribution in [0.5, 0.6) is 0 Å². The highest BCUT2D eigenvalue weighted by Crippen LogP contribution is 2.37. The molecular weight excluding hydrogens is 324 g/mol. The quantitative estimate of drug-likeness (QED) is 0.820. The Balaban J connectivity index is 2.48. The molecule has 0 aliphatic carbocycles. The van der Waals surface area contributed by atoms with E-state index in [0.717, 1.165) is 6.07 Å². The molecule has 8 heteroatoms. The first kappa shape index (κ1) is 19.2. The summed E-state index contributed by atoms with van der Waals surface area (Å²) >= 11 is 0. The van der Waals surface area contributed by atoms with Crippen LogP contribution in [0.15, 0.2) is 18.2 Å². The van der Waals surface area contributed by atoms with Gasteiger partial charge in [-0.1, -0.05) is 23.8 Å². The molecular formula is C16H22BF3O4. The number of aryl methyl sites for hydroxylation is 1. The molecule has 134 valence electrons. The van der Waals surface area contributed by atoms with Crippen molar-refractivity contribution < 1.29 is 32.7 Å². The van der Waals surface area contributed by atoms with Gasteiger partial charge in [0.2, 0.25) is 12.0 Å². The summed E-state index contributed by atoms with van der Waals surface area (Å²) in [5.41, 5.74) is -3.97. The first-order chi connectivity index (χ1) is 10.8. The van der Waals surface area contributed by atoms with Crippen molar-refractivity contribution in [3.05, 3.63) is 29.3 Å². The van der Waals surface area contributed by atoms with Gasteiger partial charge in [0.05, 0.1) is 11.2 Å². The highest BCUT2D eigenvalue weighted by Gasteiger charge is 2.53. The van der Waals surface area contributed by atoms with Crippen molar-refractivity contribution in [3.8, 4) is 0 Å². The topological polar surface area (TPSA) is 58.9 Å². The van der Waals surface area contributed by atoms with Gasteiger partial charge in [0.15, 0.2) is 0 Å². The first-order valence-electron chi connectivity index (χ1n) is 7.62. The van der Waals surface area contributed by atoms with Gasteiger partial charge in [0.1, 0.15) is 0 Å². The van der Waals surface area contributed by atoms with Crippen molar-refractivity contribution >= 4 is 12.6 Å². The Morgan fingerprint density at radius 2 is 1.58 bits per heavy atom. The molecule has 0 radical (unpaired) electrons. The van der Waals surface area contributed by atoms with E-state index in [1.165, 1.54) is 12.1 Å². The second kappa shape index (κ2) is 6.02. The number of aliphatic hydroxyl groups excluding tert-OH is 1. The van der Waals surface area contributed by atoms with Crippen LogP contribution in [-0.2, 0) is 14.9 Å². The van der Waals surface area contributed by atoms with Gasteiger partial charge in [0.25, 0.3) is 6.43 Å². The zero-order valence-electron chi connectivity index (χ0n) is 14.3. The molecule has 0 spiro atoms. The molecule has 1 aliphatic rings. The molecule has 0 aromatic heterocycles. The Hall–Kier alpha value is -1.09. The molecule has 0 amide bonds. The van der Waals surface area contributed by atoms with E-state index in [1.54, 1.807) is 6.92 Å². The van der Waals surface area contributed by atoms with Crippen LogP contribution in [0.2, 0.25) is 0 Å². The number of hydrogen-bond acceptors (Lipinski definition) is 4. The SMILES string of the molecule is Cc1ccc(C(O)(C(O)F)C(F)F)cc1B1OC(C)(C)C(C)(C)O1. The average molecular weight is 346 g/mol. The standard InChI is InChI=1S/C16H22BF3O4/c1-9-6-7-10(16(22,12(18)19)13(20)21)8-11(9)17-23-14(2,3)15(4,5)24-17/h6-8,12-13,21-22H,1-5H3. The zero-order valence-corrected chi connectivity index (χ0v) is 14.3. The highest BCUT2D eigenvalue weighted by atomic mass is 19.3. The fourth-order valence-corrected chi connectivity index (χ4v) is 2.48. The van der Waals surface area contributed by atoms with Crippen LogP contribution >= 0.6 is 0 Å². The van der Waals surface area contributed by atoms with Crippen LogP contribution in [0, 0.1) is 6.92 Å². The molecule has 1 heterocycles. The lowest BCUT2D eigenvalue weighted by Gasteiger charge is -2.32. The number of rotatable bonds is 4. The van der Waals surface area contributed by atoms with Gasteiger partial charge in [-0.25, -0.2) is 13.2 Å². The van der Waals surface area contributed by atoms with E-state index >= 15 is 0 Å². The Kier molecular flexibility index (Phi) is 4.82. The Labute approximate surface area is 139 Å². The lowest BCUT2D eigenvalue weighted by molar-refractivity contribution is -0.211. The molecule has 1 aliphatic heterocycles. The number of aliphatic hydroxyl groups is 2. The Morgan fingerprint density at radius 1 is 1.08 bits per heavy atom. The van der Waals surface area contributed by atoms with Gasteiger partial charge in [-0.2, -0.15) is 0 Å². The van der Waals surface area contributed by atoms with Crippen molar-refractivity contribution in [2.24, 2.45) is 0 Å². The maximum absolute atomic E-state index is 13.3. The normalized spacial score (nSPS) is 23.4. The molecule has 0 bridgehead atoms. The Morgan fingerprint density at radius 3 is 2.00 bits per heavy atom. The summed E-state index contributed by atoms with van der Waals surface area (Å²) in [4.78, 5) is 0. The number of benzene rings is 1. The second-order valence-corrected chi connectivity index (χ2v) is 7.12. The third-order valence-corrected chi connectivity index (χ3v) is 4.94. The number of halogens is 3. The summed E-state index contributed by atoms with van der Waals surface area (Å²) in [7, 11) is -0.853. The number of hydrogen-bond donors (Lipinski definition) is 2. The third-order valence-electron chi connectivity index (χ3n) is 4.94. The van der Waals surface area contributed by atoms with Crippen LogP contribution in [0.25, 0.3) is 0 Å². The van der Waals surface area contributed by atoms with Gasteiger partial charge in [-0.05, 0) is 45.6 Å². The molecule has 24 heavy (non-hydrogen) atoms. The van der Waals surface area contributed by atoms with E-state index in [0.29, 0.717) is 11.0 Å². The first-order valence-corrected chi connectivity index (χ1v) is 7.62. The van der Waals surface area contributed by atoms with Gasteiger partial charge in [0, 0.05) is 0 Å². The minimum atomic E-state index is -3.51. The molecule has 1 aromatic carbocycles. The molecule has 2 rings (SSSR count). The monoisotopic (exact) mass is 346 g/mol. The smallest absolute Gasteiger partial charge is 0.399 e. The summed E-state index contributed by atoms with van der Waals surface area (Å²) in [5, 5.41) is 19.0. The van der Waals surface area contributed by atoms with Gasteiger partial charge < -0.3 is 19.5 Å². The molecule has 2 unspecified atom stereocenters. The van der Waals surface area contributed by atoms with Crippen molar-refractivity contribution in [1.29, 1.82) is 0 Å². The summed E-state index contributed by atoms with van der Waals surface area (Å²) in [6, 6.07) is 3.79. The molecule has 2 atom stereocenters. The summed E-state index contributed by atoms with van der Waals surface area (Å²) in [5.74, 6) is 0. The largest absolute Gasteiger partial charge is 0.495 e. The van der Waals surface area contributed by atoms with E-state index in [1.807, 2.05) is 27.7 Å². The predicted octanol–water partition coefficient (Wildman–Crippen LogP) is 2.03. The fraction of sp³-hybridized carbons (Fsp3) is 0.625. The summed E-state index contributed by atoms with van der Waals surface area (Å²) in [6.45, 7) is 9.08. The molecule has 2 N–H and O–H groups in total. The van der Waals surface area contributed by atoms with Crippen molar-refractivity contribution in [2.75, 3.05) is 0 Å². The third kappa shape index (κ3) is 2.96. The maximum Gasteiger partial charge on any atom is 0.495 e. The van der Waals surface area contributed by atoms with Crippen LogP contribution in [0.1, 0.15) is 38.8 Å². The van der Waals surface area contributed by atoms with Gasteiger partial charge in [-0.15, -0.1) is 0 Å². The van der Waals surface area contributed by atoms with Gasteiger partial charge in [-0.3, -0.25) is 0 Å². The fourth-order valence-electron chi connectivity index (χ4n) is 2.48. The van der Waals surface area contributed by atoms with Crippen LogP contribution in [0.3, 0.4) is 0 Å². The molecule has 1 aromatic rings. The maximum atomic E-state index is 13.3. The second-order valence-electron chi connectivity index (χ2n) is 7.12. The lowest BCUT2D eigenvalue weighted by Crippen LogP contribution is -2.45. The van der Waals surface area contributed by atoms with E-state index in [9.17, 15) is 18.3 Å². The molecule has 1 fully saturated rings. The minimum absolute atomic E-state index is 0.394. The Bertz CT molecular complexity index is 595. The van der Waals surface area contributed by atoms with E-state index in [2.05, 4.69) is 0 Å². The zero-order chi connectivity index (χ0) is 18.5. The van der Waals surface area contributed by atoms with E-state index < -0.39 is 42.3 Å². The predicted molar refractivity (Wildman–Crippen MR) is 83.9 cm³/mol. The summed E-state index contributed by atoms with van der Waals surface area (Å²) < 4.78 is 51.4. The lowest BCUT2D eigenvalue weighted by atomic mass is 9.74. The number of alkyl halides is 3. The van der Waals surface area contributed by atoms with Crippen molar-refractivity contribution in [1.82, 2.24) is 0 Å². The molecule has 0 saturated carbocycles. The van der Waals surface area contributed by atoms with Crippen molar-refractivity contribution in [2.45, 2.75) is 64.2 Å². The van der Waals surface area contributed by atoms with Crippen LogP contribution in [0.4, 0.5) is 13.2 Å². The average Bonchev–Trinajstić information content (AvgIpc) is 2.66. The minimum Gasteiger partial charge on any atom is -0.399 e. The van der Waals surface area contributed by atoms with Crippen LogP contribution < -0.4 is 5.46 Å². The van der Waals surface area contributed by atoms with Crippen LogP contribution in [-0.4, -0.2) is 41.3 Å². The molecule has 4 nitrogen and oxygen atoms in total.